The first-order chi connectivity index (χ1) is 12.5. The van der Waals surface area contributed by atoms with Gasteiger partial charge in [0.25, 0.3) is 0 Å². The standard InChI is InChI=1S/C19H27ClN4O2/c1-21-9-7-15(13-21)22(2)10-8-18(25)23-11-12-24(19(26)14-23)17-6-4-3-5-16(17)20/h3-6,15H,7-14H2,1-2H3/t15-/m1/s1. The van der Waals surface area contributed by atoms with Crippen molar-refractivity contribution < 1.29 is 9.59 Å². The van der Waals surface area contributed by atoms with Gasteiger partial charge in [0.2, 0.25) is 11.8 Å². The average molecular weight is 379 g/mol. The van der Waals surface area contributed by atoms with E-state index in [9.17, 15) is 9.59 Å². The second-order valence-corrected chi connectivity index (χ2v) is 7.65. The maximum Gasteiger partial charge on any atom is 0.246 e. The van der Waals surface area contributed by atoms with Crippen LogP contribution in [0.25, 0.3) is 0 Å². The fraction of sp³-hybridized carbons (Fsp3) is 0.579. The van der Waals surface area contributed by atoms with Crippen molar-refractivity contribution in [2.24, 2.45) is 0 Å². The molecule has 1 atom stereocenters. The van der Waals surface area contributed by atoms with Crippen molar-refractivity contribution in [3.05, 3.63) is 29.3 Å². The lowest BCUT2D eigenvalue weighted by Crippen LogP contribution is -2.53. The van der Waals surface area contributed by atoms with Crippen molar-refractivity contribution in [2.75, 3.05) is 58.3 Å². The number of likely N-dealkylation sites (N-methyl/N-ethyl adjacent to an activating group) is 2. The van der Waals surface area contributed by atoms with E-state index in [2.05, 4.69) is 23.9 Å². The Morgan fingerprint density at radius 2 is 2.04 bits per heavy atom. The molecule has 2 aliphatic heterocycles. The fourth-order valence-electron chi connectivity index (χ4n) is 3.70. The lowest BCUT2D eigenvalue weighted by molar-refractivity contribution is -0.137. The average Bonchev–Trinajstić information content (AvgIpc) is 3.06. The first-order valence-corrected chi connectivity index (χ1v) is 9.55. The van der Waals surface area contributed by atoms with Crippen molar-refractivity contribution in [3.63, 3.8) is 0 Å². The molecule has 0 aromatic heterocycles. The van der Waals surface area contributed by atoms with Crippen LogP contribution in [0.2, 0.25) is 5.02 Å². The summed E-state index contributed by atoms with van der Waals surface area (Å²) in [4.78, 5) is 33.0. The predicted molar refractivity (Wildman–Crippen MR) is 104 cm³/mol. The van der Waals surface area contributed by atoms with Crippen LogP contribution in [0.1, 0.15) is 12.8 Å². The maximum absolute atomic E-state index is 12.5. The second-order valence-electron chi connectivity index (χ2n) is 7.25. The Bertz CT molecular complexity index is 669. The Kier molecular flexibility index (Phi) is 6.16. The molecule has 2 fully saturated rings. The summed E-state index contributed by atoms with van der Waals surface area (Å²) >= 11 is 6.20. The minimum Gasteiger partial charge on any atom is -0.332 e. The highest BCUT2D eigenvalue weighted by molar-refractivity contribution is 6.33. The van der Waals surface area contributed by atoms with E-state index >= 15 is 0 Å². The molecular weight excluding hydrogens is 352 g/mol. The monoisotopic (exact) mass is 378 g/mol. The van der Waals surface area contributed by atoms with Crippen LogP contribution in [0, 0.1) is 0 Å². The lowest BCUT2D eigenvalue weighted by atomic mass is 10.2. The number of piperazine rings is 1. The predicted octanol–water partition coefficient (Wildman–Crippen LogP) is 1.54. The van der Waals surface area contributed by atoms with Crippen LogP contribution in [0.3, 0.4) is 0 Å². The number of hydrogen-bond donors (Lipinski definition) is 0. The first kappa shape index (κ1) is 19.1. The maximum atomic E-state index is 12.5. The molecule has 0 spiro atoms. The summed E-state index contributed by atoms with van der Waals surface area (Å²) in [5.74, 6) is -0.0289. The number of rotatable bonds is 5. The Labute approximate surface area is 160 Å². The topological polar surface area (TPSA) is 47.1 Å². The highest BCUT2D eigenvalue weighted by Gasteiger charge is 2.29. The number of benzene rings is 1. The molecule has 0 radical (unpaired) electrons. The van der Waals surface area contributed by atoms with Gasteiger partial charge < -0.3 is 19.6 Å². The number of para-hydroxylation sites is 1. The van der Waals surface area contributed by atoms with Crippen LogP contribution in [-0.4, -0.2) is 85.9 Å². The van der Waals surface area contributed by atoms with Gasteiger partial charge in [-0.15, -0.1) is 0 Å². The molecule has 26 heavy (non-hydrogen) atoms. The zero-order chi connectivity index (χ0) is 18.7. The van der Waals surface area contributed by atoms with Gasteiger partial charge in [-0.25, -0.2) is 0 Å². The molecule has 2 heterocycles. The Hall–Kier alpha value is -1.63. The van der Waals surface area contributed by atoms with E-state index < -0.39 is 0 Å². The summed E-state index contributed by atoms with van der Waals surface area (Å²) in [5.41, 5.74) is 0.719. The molecule has 1 aromatic carbocycles. The van der Waals surface area contributed by atoms with Crippen LogP contribution in [0.5, 0.6) is 0 Å². The third kappa shape index (κ3) is 4.37. The normalized spacial score (nSPS) is 21.7. The van der Waals surface area contributed by atoms with Crippen LogP contribution < -0.4 is 4.90 Å². The van der Waals surface area contributed by atoms with Gasteiger partial charge in [-0.2, -0.15) is 0 Å². The molecule has 2 amide bonds. The number of anilines is 1. The second kappa shape index (κ2) is 8.37. The van der Waals surface area contributed by atoms with Crippen molar-refractivity contribution in [3.8, 4) is 0 Å². The van der Waals surface area contributed by atoms with Gasteiger partial charge in [0, 0.05) is 38.6 Å². The summed E-state index contributed by atoms with van der Waals surface area (Å²) in [6.07, 6.45) is 1.60. The van der Waals surface area contributed by atoms with Crippen LogP contribution >= 0.6 is 11.6 Å². The fourth-order valence-corrected chi connectivity index (χ4v) is 3.93. The smallest absolute Gasteiger partial charge is 0.246 e. The minimum atomic E-state index is -0.0801. The number of nitrogens with zero attached hydrogens (tertiary/aromatic N) is 4. The zero-order valence-corrected chi connectivity index (χ0v) is 16.3. The molecule has 2 saturated heterocycles. The molecule has 0 unspecified atom stereocenters. The quantitative estimate of drug-likeness (QED) is 0.779. The largest absolute Gasteiger partial charge is 0.332 e. The molecule has 0 aliphatic carbocycles. The summed E-state index contributed by atoms with van der Waals surface area (Å²) in [7, 11) is 4.21. The number of hydrogen-bond acceptors (Lipinski definition) is 4. The van der Waals surface area contributed by atoms with Gasteiger partial charge in [-0.3, -0.25) is 9.59 Å². The number of carbonyl (C=O) groups is 2. The molecule has 3 rings (SSSR count). The lowest BCUT2D eigenvalue weighted by Gasteiger charge is -2.35. The molecule has 2 aliphatic rings. The minimum absolute atomic E-state index is 0.0513. The van der Waals surface area contributed by atoms with Crippen molar-refractivity contribution in [1.82, 2.24) is 14.7 Å². The van der Waals surface area contributed by atoms with E-state index in [0.29, 0.717) is 30.6 Å². The van der Waals surface area contributed by atoms with Gasteiger partial charge in [0.05, 0.1) is 10.7 Å². The van der Waals surface area contributed by atoms with Crippen molar-refractivity contribution >= 4 is 29.1 Å². The third-order valence-corrected chi connectivity index (χ3v) is 5.70. The van der Waals surface area contributed by atoms with E-state index in [0.717, 1.165) is 31.7 Å². The van der Waals surface area contributed by atoms with Crippen LogP contribution in [-0.2, 0) is 9.59 Å². The molecule has 142 valence electrons. The Morgan fingerprint density at radius 1 is 1.27 bits per heavy atom. The van der Waals surface area contributed by atoms with Gasteiger partial charge >= 0.3 is 0 Å². The Morgan fingerprint density at radius 3 is 2.69 bits per heavy atom. The van der Waals surface area contributed by atoms with Crippen LogP contribution in [0.15, 0.2) is 24.3 Å². The van der Waals surface area contributed by atoms with Gasteiger partial charge in [-0.1, -0.05) is 23.7 Å². The number of carbonyl (C=O) groups excluding carboxylic acids is 2. The molecule has 0 bridgehead atoms. The molecule has 6 nitrogen and oxygen atoms in total. The molecule has 0 saturated carbocycles. The number of likely N-dealkylation sites (tertiary alicyclic amines) is 1. The van der Waals surface area contributed by atoms with E-state index in [4.69, 9.17) is 11.6 Å². The highest BCUT2D eigenvalue weighted by atomic mass is 35.5. The molecule has 0 N–H and O–H groups in total. The summed E-state index contributed by atoms with van der Waals surface area (Å²) in [5, 5.41) is 0.559. The van der Waals surface area contributed by atoms with Gasteiger partial charge in [0.1, 0.15) is 6.54 Å². The van der Waals surface area contributed by atoms with E-state index in [1.807, 2.05) is 18.2 Å². The van der Waals surface area contributed by atoms with Gasteiger partial charge in [-0.05, 0) is 39.2 Å². The van der Waals surface area contributed by atoms with E-state index in [-0.39, 0.29) is 18.4 Å². The summed E-state index contributed by atoms with van der Waals surface area (Å²) in [6, 6.07) is 7.84. The van der Waals surface area contributed by atoms with E-state index in [1.54, 1.807) is 15.9 Å². The van der Waals surface area contributed by atoms with E-state index in [1.165, 1.54) is 0 Å². The van der Waals surface area contributed by atoms with Crippen molar-refractivity contribution in [2.45, 2.75) is 18.9 Å². The molecular formula is C19H27ClN4O2. The first-order valence-electron chi connectivity index (χ1n) is 9.17. The van der Waals surface area contributed by atoms with Crippen molar-refractivity contribution in [1.29, 1.82) is 0 Å². The third-order valence-electron chi connectivity index (χ3n) is 5.38. The van der Waals surface area contributed by atoms with Gasteiger partial charge in [0.15, 0.2) is 0 Å². The zero-order valence-electron chi connectivity index (χ0n) is 15.5. The number of halogens is 1. The molecule has 1 aromatic rings. The highest BCUT2D eigenvalue weighted by Crippen LogP contribution is 2.26. The summed E-state index contributed by atoms with van der Waals surface area (Å²) in [6.45, 7) is 4.06. The number of amides is 2. The molecule has 7 heteroatoms. The summed E-state index contributed by atoms with van der Waals surface area (Å²) < 4.78 is 0. The Balaban J connectivity index is 1.50. The van der Waals surface area contributed by atoms with Crippen LogP contribution in [0.4, 0.5) is 5.69 Å². The SMILES string of the molecule is CN1CC[C@@H](N(C)CCC(=O)N2CCN(c3ccccc3Cl)C(=O)C2)C1.